The van der Waals surface area contributed by atoms with Gasteiger partial charge in [0.1, 0.15) is 5.75 Å². The Labute approximate surface area is 156 Å². The molecule has 2 aromatic carbocycles. The van der Waals surface area contributed by atoms with E-state index < -0.39 is 0 Å². The van der Waals surface area contributed by atoms with Crippen LogP contribution in [0.5, 0.6) is 5.75 Å². The maximum atomic E-state index is 12.1. The van der Waals surface area contributed by atoms with Gasteiger partial charge in [0.15, 0.2) is 0 Å². The van der Waals surface area contributed by atoms with E-state index in [0.717, 1.165) is 23.1 Å². The zero-order chi connectivity index (χ0) is 18.2. The van der Waals surface area contributed by atoms with Crippen molar-refractivity contribution >= 4 is 33.7 Å². The molecule has 0 aliphatic heterocycles. The zero-order valence-corrected chi connectivity index (χ0v) is 16.2. The molecule has 0 saturated carbocycles. The van der Waals surface area contributed by atoms with Crippen LogP contribution < -0.4 is 15.1 Å². The Morgan fingerprint density at radius 2 is 1.88 bits per heavy atom. The van der Waals surface area contributed by atoms with Crippen molar-refractivity contribution < 1.29 is 9.53 Å². The number of carbonyl (C=O) groups excluding carboxylic acids is 1. The number of amides is 1. The van der Waals surface area contributed by atoms with Gasteiger partial charge in [-0.1, -0.05) is 12.1 Å². The number of halogens is 1. The van der Waals surface area contributed by atoms with Crippen LogP contribution in [0.1, 0.15) is 29.8 Å². The maximum Gasteiger partial charge on any atom is 0.271 e. The van der Waals surface area contributed by atoms with E-state index >= 15 is 0 Å². The highest BCUT2D eigenvalue weighted by Gasteiger charge is 2.08. The second-order valence-corrected chi connectivity index (χ2v) is 6.17. The lowest BCUT2D eigenvalue weighted by Gasteiger charge is -2.20. The van der Waals surface area contributed by atoms with Crippen molar-refractivity contribution in [3.8, 4) is 5.75 Å². The van der Waals surface area contributed by atoms with Gasteiger partial charge in [0, 0.05) is 24.3 Å². The van der Waals surface area contributed by atoms with Crippen molar-refractivity contribution in [3.05, 3.63) is 58.1 Å². The Balaban J connectivity index is 1.98. The summed E-state index contributed by atoms with van der Waals surface area (Å²) in [7, 11) is 1.58. The third-order valence-corrected chi connectivity index (χ3v) is 4.44. The van der Waals surface area contributed by atoms with Crippen LogP contribution in [-0.4, -0.2) is 32.3 Å². The third kappa shape index (κ3) is 5.06. The van der Waals surface area contributed by atoms with Crippen molar-refractivity contribution in [1.29, 1.82) is 0 Å². The molecule has 0 unspecified atom stereocenters. The number of carbonyl (C=O) groups is 1. The minimum Gasteiger partial charge on any atom is -0.496 e. The highest BCUT2D eigenvalue weighted by atomic mass is 79.9. The number of methoxy groups -OCH3 is 1. The molecular formula is C19H22BrN3O2. The monoisotopic (exact) mass is 403 g/mol. The highest BCUT2D eigenvalue weighted by Crippen LogP contribution is 2.25. The molecule has 0 atom stereocenters. The number of rotatable bonds is 7. The molecule has 0 bridgehead atoms. The quantitative estimate of drug-likeness (QED) is 0.559. The number of anilines is 1. The first-order valence-electron chi connectivity index (χ1n) is 8.11. The molecular weight excluding hydrogens is 382 g/mol. The predicted molar refractivity (Wildman–Crippen MR) is 106 cm³/mol. The summed E-state index contributed by atoms with van der Waals surface area (Å²) >= 11 is 3.36. The Morgan fingerprint density at radius 3 is 2.44 bits per heavy atom. The van der Waals surface area contributed by atoms with Gasteiger partial charge in [-0.05, 0) is 65.7 Å². The van der Waals surface area contributed by atoms with Gasteiger partial charge in [0.05, 0.1) is 17.8 Å². The topological polar surface area (TPSA) is 53.9 Å². The molecule has 0 spiro atoms. The van der Waals surface area contributed by atoms with E-state index in [9.17, 15) is 4.79 Å². The molecule has 0 heterocycles. The summed E-state index contributed by atoms with van der Waals surface area (Å²) < 4.78 is 5.87. The summed E-state index contributed by atoms with van der Waals surface area (Å²) in [5.41, 5.74) is 5.13. The standard InChI is InChI=1S/C19H22BrN3O2/c1-4-23(5-2)16-9-6-14(7-10-16)13-21-22-19(24)15-8-11-18(25-3)17(20)12-15/h6-13H,4-5H2,1-3H3,(H,22,24)/b21-13+. The summed E-state index contributed by atoms with van der Waals surface area (Å²) in [6, 6.07) is 13.2. The number of ether oxygens (including phenoxy) is 1. The van der Waals surface area contributed by atoms with Crippen molar-refractivity contribution in [2.75, 3.05) is 25.1 Å². The van der Waals surface area contributed by atoms with Crippen LogP contribution in [0.25, 0.3) is 0 Å². The second-order valence-electron chi connectivity index (χ2n) is 5.31. The molecule has 6 heteroatoms. The van der Waals surface area contributed by atoms with E-state index in [1.54, 1.807) is 31.5 Å². The average molecular weight is 404 g/mol. The number of hydrogen-bond acceptors (Lipinski definition) is 4. The van der Waals surface area contributed by atoms with E-state index in [4.69, 9.17) is 4.74 Å². The number of nitrogens with zero attached hydrogens (tertiary/aromatic N) is 2. The van der Waals surface area contributed by atoms with E-state index in [-0.39, 0.29) is 5.91 Å². The van der Waals surface area contributed by atoms with Crippen LogP contribution >= 0.6 is 15.9 Å². The molecule has 0 fully saturated rings. The summed E-state index contributed by atoms with van der Waals surface area (Å²) in [6.07, 6.45) is 1.63. The fourth-order valence-electron chi connectivity index (χ4n) is 2.40. The van der Waals surface area contributed by atoms with E-state index in [0.29, 0.717) is 11.3 Å². The molecule has 0 saturated heterocycles. The van der Waals surface area contributed by atoms with Gasteiger partial charge in [-0.2, -0.15) is 5.10 Å². The summed E-state index contributed by atoms with van der Waals surface area (Å²) in [6.45, 7) is 6.20. The van der Waals surface area contributed by atoms with E-state index in [2.05, 4.69) is 57.3 Å². The van der Waals surface area contributed by atoms with Crippen molar-refractivity contribution in [3.63, 3.8) is 0 Å². The number of benzene rings is 2. The van der Waals surface area contributed by atoms with Gasteiger partial charge in [-0.3, -0.25) is 4.79 Å². The molecule has 0 aliphatic rings. The lowest BCUT2D eigenvalue weighted by atomic mass is 10.2. The zero-order valence-electron chi connectivity index (χ0n) is 14.6. The minimum absolute atomic E-state index is 0.278. The largest absolute Gasteiger partial charge is 0.496 e. The molecule has 25 heavy (non-hydrogen) atoms. The normalized spacial score (nSPS) is 10.7. The van der Waals surface area contributed by atoms with Gasteiger partial charge in [0.25, 0.3) is 5.91 Å². The van der Waals surface area contributed by atoms with Crippen molar-refractivity contribution in [2.45, 2.75) is 13.8 Å². The molecule has 0 aliphatic carbocycles. The van der Waals surface area contributed by atoms with Crippen LogP contribution in [0.2, 0.25) is 0 Å². The first-order valence-corrected chi connectivity index (χ1v) is 8.90. The van der Waals surface area contributed by atoms with Crippen molar-refractivity contribution in [2.24, 2.45) is 5.10 Å². The summed E-state index contributed by atoms with van der Waals surface area (Å²) in [4.78, 5) is 14.4. The van der Waals surface area contributed by atoms with Crippen LogP contribution in [0.15, 0.2) is 52.0 Å². The third-order valence-electron chi connectivity index (χ3n) is 3.82. The fourth-order valence-corrected chi connectivity index (χ4v) is 2.94. The van der Waals surface area contributed by atoms with Crippen LogP contribution in [0, 0.1) is 0 Å². The first kappa shape index (κ1) is 19.0. The average Bonchev–Trinajstić information content (AvgIpc) is 2.63. The Bertz CT molecular complexity index is 741. The molecule has 1 amide bonds. The van der Waals surface area contributed by atoms with Crippen LogP contribution in [0.3, 0.4) is 0 Å². The predicted octanol–water partition coefficient (Wildman–Crippen LogP) is 4.07. The Hall–Kier alpha value is -2.34. The van der Waals surface area contributed by atoms with Gasteiger partial charge >= 0.3 is 0 Å². The molecule has 0 aromatic heterocycles. The first-order chi connectivity index (χ1) is 12.1. The van der Waals surface area contributed by atoms with E-state index in [1.165, 1.54) is 5.69 Å². The number of nitrogens with one attached hydrogen (secondary N) is 1. The van der Waals surface area contributed by atoms with Gasteiger partial charge in [0.2, 0.25) is 0 Å². The summed E-state index contributed by atoms with van der Waals surface area (Å²) in [5, 5.41) is 4.02. The summed E-state index contributed by atoms with van der Waals surface area (Å²) in [5.74, 6) is 0.396. The molecule has 2 aromatic rings. The molecule has 1 N–H and O–H groups in total. The molecule has 0 radical (unpaired) electrons. The van der Waals surface area contributed by atoms with Gasteiger partial charge < -0.3 is 9.64 Å². The molecule has 2 rings (SSSR count). The lowest BCUT2D eigenvalue weighted by molar-refractivity contribution is 0.0955. The number of hydrogen-bond donors (Lipinski definition) is 1. The molecule has 5 nitrogen and oxygen atoms in total. The Morgan fingerprint density at radius 1 is 1.20 bits per heavy atom. The molecule has 132 valence electrons. The smallest absolute Gasteiger partial charge is 0.271 e. The SMILES string of the molecule is CCN(CC)c1ccc(/C=N/NC(=O)c2ccc(OC)c(Br)c2)cc1. The van der Waals surface area contributed by atoms with Gasteiger partial charge in [-0.25, -0.2) is 5.43 Å². The second kappa shape index (κ2) is 9.22. The Kier molecular flexibility index (Phi) is 7.01. The number of hydrazone groups is 1. The fraction of sp³-hybridized carbons (Fsp3) is 0.263. The lowest BCUT2D eigenvalue weighted by Crippen LogP contribution is -2.21. The van der Waals surface area contributed by atoms with E-state index in [1.807, 2.05) is 12.1 Å². The van der Waals surface area contributed by atoms with Crippen LogP contribution in [0.4, 0.5) is 5.69 Å². The maximum absolute atomic E-state index is 12.1. The minimum atomic E-state index is -0.278. The van der Waals surface area contributed by atoms with Crippen LogP contribution in [-0.2, 0) is 0 Å². The highest BCUT2D eigenvalue weighted by molar-refractivity contribution is 9.10. The van der Waals surface area contributed by atoms with Crippen molar-refractivity contribution in [1.82, 2.24) is 5.43 Å². The van der Waals surface area contributed by atoms with Gasteiger partial charge in [-0.15, -0.1) is 0 Å².